The molecule has 2 aromatic rings. The van der Waals surface area contributed by atoms with Crippen molar-refractivity contribution in [3.05, 3.63) is 52.8 Å². The molecule has 0 unspecified atom stereocenters. The number of aliphatic imine (C=N–C) groups is 1. The van der Waals surface area contributed by atoms with E-state index in [1.54, 1.807) is 23.9 Å². The predicted octanol–water partition coefficient (Wildman–Crippen LogP) is 3.47. The number of aromatic nitrogens is 2. The highest BCUT2D eigenvalue weighted by molar-refractivity contribution is 8.16. The van der Waals surface area contributed by atoms with Crippen LogP contribution in [-0.2, 0) is 4.79 Å². The summed E-state index contributed by atoms with van der Waals surface area (Å²) in [6.45, 7) is 5.43. The van der Waals surface area contributed by atoms with Crippen LogP contribution < -0.4 is 10.1 Å². The molecule has 0 atom stereocenters. The second-order valence-corrected chi connectivity index (χ2v) is 7.17. The number of hydrogen-bond acceptors (Lipinski definition) is 7. The Morgan fingerprint density at radius 2 is 2.07 bits per heavy atom. The Morgan fingerprint density at radius 3 is 2.89 bits per heavy atom. The molecule has 8 heteroatoms. The van der Waals surface area contributed by atoms with Crippen LogP contribution in [0.4, 0.5) is 5.69 Å². The molecular weight excluding hydrogens is 362 g/mol. The lowest BCUT2D eigenvalue weighted by Crippen LogP contribution is -2.24. The molecule has 4 rings (SSSR count). The molecule has 2 aliphatic heterocycles. The van der Waals surface area contributed by atoms with Crippen LogP contribution in [0.5, 0.6) is 11.8 Å². The number of amides is 1. The van der Waals surface area contributed by atoms with Crippen molar-refractivity contribution in [2.24, 2.45) is 4.99 Å². The fourth-order valence-electron chi connectivity index (χ4n) is 2.97. The number of amidine groups is 1. The Bertz CT molecular complexity index is 937. The zero-order valence-corrected chi connectivity index (χ0v) is 15.9. The molecule has 27 heavy (non-hydrogen) atoms. The number of fused-ring (bicyclic) bond motifs is 1. The maximum absolute atomic E-state index is 12.4. The summed E-state index contributed by atoms with van der Waals surface area (Å²) in [5.41, 5.74) is 3.34. The minimum Gasteiger partial charge on any atom is -0.424 e. The number of carbonyl (C=O) groups excluding carboxylic acids is 1. The first-order chi connectivity index (χ1) is 13.1. The number of nitrogens with zero attached hydrogens (tertiary/aromatic N) is 4. The summed E-state index contributed by atoms with van der Waals surface area (Å²) >= 11 is 1.58. The Hall–Kier alpha value is -2.87. The molecular formula is C19H19N5O2S. The van der Waals surface area contributed by atoms with Crippen molar-refractivity contribution < 1.29 is 9.53 Å². The molecule has 138 valence electrons. The molecule has 2 aliphatic rings. The number of aryl methyl sites for hydroxylation is 2. The average Bonchev–Trinajstić information content (AvgIpc) is 3.19. The summed E-state index contributed by atoms with van der Waals surface area (Å²) in [7, 11) is 0. The highest BCUT2D eigenvalue weighted by atomic mass is 32.2. The third kappa shape index (κ3) is 4.11. The van der Waals surface area contributed by atoms with E-state index in [9.17, 15) is 4.79 Å². The van der Waals surface area contributed by atoms with Gasteiger partial charge < -0.3 is 15.0 Å². The summed E-state index contributed by atoms with van der Waals surface area (Å²) < 4.78 is 5.74. The molecule has 0 aliphatic carbocycles. The SMILES string of the molecule is Cc1cc(C)nc(Oc2cccc(NC(=O)CC3=CSC4=NCCN34)c2)n1. The zero-order chi connectivity index (χ0) is 18.8. The molecule has 0 bridgehead atoms. The van der Waals surface area contributed by atoms with Crippen LogP contribution in [0.25, 0.3) is 0 Å². The zero-order valence-electron chi connectivity index (χ0n) is 15.1. The smallest absolute Gasteiger partial charge is 0.322 e. The molecule has 0 spiro atoms. The van der Waals surface area contributed by atoms with E-state index in [4.69, 9.17) is 4.74 Å². The van der Waals surface area contributed by atoms with E-state index < -0.39 is 0 Å². The van der Waals surface area contributed by atoms with Gasteiger partial charge in [-0.05, 0) is 37.5 Å². The summed E-state index contributed by atoms with van der Waals surface area (Å²) in [6, 6.07) is 9.40. The first-order valence-electron chi connectivity index (χ1n) is 8.64. The van der Waals surface area contributed by atoms with Gasteiger partial charge in [-0.15, -0.1) is 0 Å². The lowest BCUT2D eigenvalue weighted by atomic mass is 10.2. The van der Waals surface area contributed by atoms with E-state index in [1.165, 1.54) is 0 Å². The number of ether oxygens (including phenoxy) is 1. The lowest BCUT2D eigenvalue weighted by molar-refractivity contribution is -0.115. The summed E-state index contributed by atoms with van der Waals surface area (Å²) in [4.78, 5) is 27.5. The molecule has 0 fully saturated rings. The summed E-state index contributed by atoms with van der Waals surface area (Å²) in [5.74, 6) is 0.497. The van der Waals surface area contributed by atoms with E-state index >= 15 is 0 Å². The number of thioether (sulfide) groups is 1. The lowest BCUT2D eigenvalue weighted by Gasteiger charge is -2.16. The quantitative estimate of drug-likeness (QED) is 0.854. The summed E-state index contributed by atoms with van der Waals surface area (Å²) in [6.07, 6.45) is 0.317. The number of hydrogen-bond donors (Lipinski definition) is 1. The average molecular weight is 381 g/mol. The van der Waals surface area contributed by atoms with Crippen molar-refractivity contribution in [2.75, 3.05) is 18.4 Å². The van der Waals surface area contributed by atoms with Gasteiger partial charge in [-0.2, -0.15) is 0 Å². The number of benzene rings is 1. The second kappa shape index (κ2) is 7.40. The van der Waals surface area contributed by atoms with Crippen LogP contribution in [0, 0.1) is 13.8 Å². The van der Waals surface area contributed by atoms with Gasteiger partial charge in [0, 0.05) is 35.4 Å². The standard InChI is InChI=1S/C19H19N5O2S/c1-12-8-13(2)22-18(21-12)26-16-5-3-4-14(9-16)23-17(25)10-15-11-27-19-20-6-7-24(15)19/h3-5,8-9,11H,6-7,10H2,1-2H3,(H,23,25). The monoisotopic (exact) mass is 381 g/mol. The van der Waals surface area contributed by atoms with E-state index in [-0.39, 0.29) is 5.91 Å². The van der Waals surface area contributed by atoms with Gasteiger partial charge in [0.2, 0.25) is 5.91 Å². The highest BCUT2D eigenvalue weighted by Gasteiger charge is 2.27. The second-order valence-electron chi connectivity index (χ2n) is 6.33. The van der Waals surface area contributed by atoms with Crippen molar-refractivity contribution in [1.29, 1.82) is 0 Å². The van der Waals surface area contributed by atoms with Gasteiger partial charge in [-0.25, -0.2) is 9.97 Å². The molecule has 0 radical (unpaired) electrons. The fourth-order valence-corrected chi connectivity index (χ4v) is 3.92. The van der Waals surface area contributed by atoms with Crippen molar-refractivity contribution >= 4 is 28.5 Å². The van der Waals surface area contributed by atoms with Gasteiger partial charge in [-0.3, -0.25) is 9.79 Å². The van der Waals surface area contributed by atoms with Crippen LogP contribution in [0.15, 0.2) is 46.4 Å². The Morgan fingerprint density at radius 1 is 1.26 bits per heavy atom. The summed E-state index contributed by atoms with van der Waals surface area (Å²) in [5, 5.41) is 5.90. The van der Waals surface area contributed by atoms with Crippen molar-refractivity contribution in [3.8, 4) is 11.8 Å². The fraction of sp³-hybridized carbons (Fsp3) is 0.263. The first kappa shape index (κ1) is 17.5. The topological polar surface area (TPSA) is 79.7 Å². The molecule has 1 aromatic carbocycles. The van der Waals surface area contributed by atoms with Gasteiger partial charge in [0.15, 0.2) is 5.17 Å². The largest absolute Gasteiger partial charge is 0.424 e. The van der Waals surface area contributed by atoms with Crippen molar-refractivity contribution in [2.45, 2.75) is 20.3 Å². The first-order valence-corrected chi connectivity index (χ1v) is 9.52. The molecule has 1 aromatic heterocycles. The van der Waals surface area contributed by atoms with E-state index in [0.29, 0.717) is 23.9 Å². The maximum Gasteiger partial charge on any atom is 0.322 e. The number of rotatable bonds is 5. The van der Waals surface area contributed by atoms with Crippen LogP contribution >= 0.6 is 11.8 Å². The van der Waals surface area contributed by atoms with Gasteiger partial charge in [0.1, 0.15) is 5.75 Å². The third-order valence-electron chi connectivity index (χ3n) is 4.08. The number of nitrogens with one attached hydrogen (secondary N) is 1. The molecule has 0 saturated carbocycles. The van der Waals surface area contributed by atoms with E-state index in [0.717, 1.165) is 35.3 Å². The van der Waals surface area contributed by atoms with Crippen LogP contribution in [0.1, 0.15) is 17.8 Å². The van der Waals surface area contributed by atoms with Gasteiger partial charge in [0.25, 0.3) is 0 Å². The van der Waals surface area contributed by atoms with E-state index in [1.807, 2.05) is 37.5 Å². The minimum absolute atomic E-state index is 0.0743. The molecule has 7 nitrogen and oxygen atoms in total. The number of anilines is 1. The van der Waals surface area contributed by atoms with Crippen LogP contribution in [0.2, 0.25) is 0 Å². The van der Waals surface area contributed by atoms with Crippen LogP contribution in [0.3, 0.4) is 0 Å². The Labute approximate surface area is 161 Å². The third-order valence-corrected chi connectivity index (χ3v) is 5.03. The van der Waals surface area contributed by atoms with E-state index in [2.05, 4.69) is 25.2 Å². The number of carbonyl (C=O) groups is 1. The highest BCUT2D eigenvalue weighted by Crippen LogP contribution is 2.31. The predicted molar refractivity (Wildman–Crippen MR) is 106 cm³/mol. The molecule has 1 N–H and O–H groups in total. The molecule has 0 saturated heterocycles. The normalized spacial score (nSPS) is 15.3. The van der Waals surface area contributed by atoms with Gasteiger partial charge in [0.05, 0.1) is 13.0 Å². The minimum atomic E-state index is -0.0743. The van der Waals surface area contributed by atoms with Crippen molar-refractivity contribution in [1.82, 2.24) is 14.9 Å². The molecule has 3 heterocycles. The molecule has 1 amide bonds. The Balaban J connectivity index is 1.40. The van der Waals surface area contributed by atoms with Gasteiger partial charge >= 0.3 is 6.01 Å². The van der Waals surface area contributed by atoms with Crippen molar-refractivity contribution in [3.63, 3.8) is 0 Å². The maximum atomic E-state index is 12.4. The van der Waals surface area contributed by atoms with Crippen LogP contribution in [-0.4, -0.2) is 39.0 Å². The Kier molecular flexibility index (Phi) is 4.81. The van der Waals surface area contributed by atoms with Gasteiger partial charge in [-0.1, -0.05) is 17.8 Å².